The monoisotopic (exact) mass is 253 g/mol. The smallest absolute Gasteiger partial charge is 0.0985 e. The Morgan fingerprint density at radius 1 is 0.722 bits per heavy atom. The first-order valence-electron chi connectivity index (χ1n) is 5.67. The average Bonchev–Trinajstić information content (AvgIpc) is 2.47. The minimum absolute atomic E-state index is 0.835. The van der Waals surface area contributed by atoms with Crippen molar-refractivity contribution in [3.8, 4) is 0 Å². The van der Waals surface area contributed by atoms with Crippen molar-refractivity contribution in [2.24, 2.45) is 0 Å². The van der Waals surface area contributed by atoms with Crippen LogP contribution in [0.4, 0.5) is 0 Å². The molecule has 0 aliphatic heterocycles. The topological polar surface area (TPSA) is 17.1 Å². The van der Waals surface area contributed by atoms with E-state index >= 15 is 0 Å². The van der Waals surface area contributed by atoms with E-state index in [1.54, 1.807) is 12.2 Å². The lowest BCUT2D eigenvalue weighted by atomic mass is 10.2. The van der Waals surface area contributed by atoms with E-state index in [4.69, 9.17) is 0 Å². The maximum absolute atomic E-state index is 12.3. The molecule has 0 aromatic heterocycles. The minimum atomic E-state index is -1.52. The van der Waals surface area contributed by atoms with Crippen molar-refractivity contribution < 1.29 is 4.57 Å². The first-order chi connectivity index (χ1) is 8.74. The summed E-state index contributed by atoms with van der Waals surface area (Å²) < 4.78 is 12.3. The van der Waals surface area contributed by atoms with Gasteiger partial charge >= 0.3 is 7.80 Å². The van der Waals surface area contributed by atoms with Gasteiger partial charge in [-0.15, -0.1) is 0 Å². The van der Waals surface area contributed by atoms with E-state index in [1.807, 2.05) is 48.5 Å². The van der Waals surface area contributed by atoms with Crippen LogP contribution < -0.4 is 10.6 Å². The Morgan fingerprint density at radius 3 is 1.33 bits per heavy atom. The van der Waals surface area contributed by atoms with Gasteiger partial charge in [0.05, 0.1) is 0 Å². The van der Waals surface area contributed by atoms with Gasteiger partial charge in [0.2, 0.25) is 0 Å². The molecular weight excluding hydrogens is 239 g/mol. The standard InChI is InChI=1S/C16H14OP/c1-3-13-5-9-15(10-6-13)18(17)16-11-7-14(4-2)8-12-16/h3-12H,1-2H2/q+1. The van der Waals surface area contributed by atoms with Crippen molar-refractivity contribution in [3.63, 3.8) is 0 Å². The average molecular weight is 253 g/mol. The molecule has 2 aromatic carbocycles. The third-order valence-electron chi connectivity index (χ3n) is 2.73. The van der Waals surface area contributed by atoms with Gasteiger partial charge in [-0.1, -0.05) is 54.1 Å². The molecule has 0 fully saturated rings. The van der Waals surface area contributed by atoms with E-state index < -0.39 is 7.80 Å². The summed E-state index contributed by atoms with van der Waals surface area (Å²) in [6, 6.07) is 15.2. The van der Waals surface area contributed by atoms with Crippen LogP contribution in [0.1, 0.15) is 11.1 Å². The second kappa shape index (κ2) is 5.57. The van der Waals surface area contributed by atoms with Crippen LogP contribution in [0.15, 0.2) is 61.7 Å². The first-order valence-corrected chi connectivity index (χ1v) is 6.93. The molecule has 0 heterocycles. The third-order valence-corrected chi connectivity index (χ3v) is 4.26. The molecule has 0 N–H and O–H groups in total. The van der Waals surface area contributed by atoms with E-state index in [0.717, 1.165) is 21.7 Å². The molecule has 0 atom stereocenters. The van der Waals surface area contributed by atoms with Crippen LogP contribution in [0.5, 0.6) is 0 Å². The molecule has 0 spiro atoms. The first kappa shape index (κ1) is 12.5. The summed E-state index contributed by atoms with van der Waals surface area (Å²) in [6.07, 6.45) is 3.55. The predicted molar refractivity (Wildman–Crippen MR) is 79.9 cm³/mol. The second-order valence-electron chi connectivity index (χ2n) is 3.89. The molecule has 18 heavy (non-hydrogen) atoms. The fourth-order valence-corrected chi connectivity index (χ4v) is 2.78. The van der Waals surface area contributed by atoms with Crippen LogP contribution in [0.2, 0.25) is 0 Å². The third kappa shape index (κ3) is 2.64. The van der Waals surface area contributed by atoms with Gasteiger partial charge in [0, 0.05) is 0 Å². The molecule has 0 saturated heterocycles. The van der Waals surface area contributed by atoms with Gasteiger partial charge in [-0.3, -0.25) is 0 Å². The van der Waals surface area contributed by atoms with Gasteiger partial charge < -0.3 is 0 Å². The van der Waals surface area contributed by atoms with Gasteiger partial charge in [0.25, 0.3) is 0 Å². The zero-order valence-electron chi connectivity index (χ0n) is 10.0. The maximum atomic E-state index is 12.3. The highest BCUT2D eigenvalue weighted by Crippen LogP contribution is 2.20. The summed E-state index contributed by atoms with van der Waals surface area (Å²) in [5, 5.41) is 1.67. The van der Waals surface area contributed by atoms with Crippen molar-refractivity contribution >= 4 is 30.6 Å². The van der Waals surface area contributed by atoms with Crippen LogP contribution in [-0.4, -0.2) is 0 Å². The Bertz CT molecular complexity index is 526. The van der Waals surface area contributed by atoms with Crippen LogP contribution in [0.3, 0.4) is 0 Å². The molecule has 0 saturated carbocycles. The fraction of sp³-hybridized carbons (Fsp3) is 0. The summed E-state index contributed by atoms with van der Waals surface area (Å²) in [6.45, 7) is 7.40. The Labute approximate surface area is 108 Å². The van der Waals surface area contributed by atoms with Gasteiger partial charge in [-0.2, -0.15) is 0 Å². The van der Waals surface area contributed by atoms with Crippen LogP contribution >= 0.6 is 7.80 Å². The highest BCUT2D eigenvalue weighted by Gasteiger charge is 2.22. The molecule has 0 unspecified atom stereocenters. The van der Waals surface area contributed by atoms with E-state index in [0.29, 0.717) is 0 Å². The fourth-order valence-electron chi connectivity index (χ4n) is 1.64. The lowest BCUT2D eigenvalue weighted by Crippen LogP contribution is -2.06. The maximum Gasteiger partial charge on any atom is 0.415 e. The molecule has 2 heteroatoms. The molecule has 1 nitrogen and oxygen atoms in total. The molecule has 0 radical (unpaired) electrons. The minimum Gasteiger partial charge on any atom is -0.0985 e. The Hall–Kier alpha value is -1.98. The van der Waals surface area contributed by atoms with Crippen LogP contribution in [-0.2, 0) is 4.57 Å². The Balaban J connectivity index is 2.28. The van der Waals surface area contributed by atoms with Crippen LogP contribution in [0, 0.1) is 0 Å². The summed E-state index contributed by atoms with van der Waals surface area (Å²) >= 11 is 0. The van der Waals surface area contributed by atoms with Crippen molar-refractivity contribution in [2.75, 3.05) is 0 Å². The zero-order chi connectivity index (χ0) is 13.0. The lowest BCUT2D eigenvalue weighted by molar-refractivity contribution is 0.598. The highest BCUT2D eigenvalue weighted by molar-refractivity contribution is 7.61. The molecule has 2 rings (SSSR count). The van der Waals surface area contributed by atoms with Gasteiger partial charge in [0.1, 0.15) is 0 Å². The molecular formula is C16H14OP+. The van der Waals surface area contributed by atoms with E-state index in [9.17, 15) is 4.57 Å². The van der Waals surface area contributed by atoms with Crippen molar-refractivity contribution in [1.29, 1.82) is 0 Å². The second-order valence-corrected chi connectivity index (χ2v) is 5.51. The van der Waals surface area contributed by atoms with Crippen molar-refractivity contribution in [2.45, 2.75) is 0 Å². The normalized spacial score (nSPS) is 9.78. The van der Waals surface area contributed by atoms with Gasteiger partial charge in [-0.05, 0) is 35.4 Å². The van der Waals surface area contributed by atoms with Gasteiger partial charge in [-0.25, -0.2) is 0 Å². The Morgan fingerprint density at radius 2 is 1.06 bits per heavy atom. The number of benzene rings is 2. The lowest BCUT2D eigenvalue weighted by Gasteiger charge is -1.93. The number of hydrogen-bond donors (Lipinski definition) is 0. The van der Waals surface area contributed by atoms with Crippen LogP contribution in [0.25, 0.3) is 12.2 Å². The van der Waals surface area contributed by atoms with Crippen molar-refractivity contribution in [1.82, 2.24) is 0 Å². The summed E-state index contributed by atoms with van der Waals surface area (Å²) in [5.41, 5.74) is 2.06. The molecule has 0 aliphatic rings. The molecule has 2 aromatic rings. The highest BCUT2D eigenvalue weighted by atomic mass is 31.1. The predicted octanol–water partition coefficient (Wildman–Crippen LogP) is 3.75. The SMILES string of the molecule is C=Cc1ccc([P+](=O)c2ccc(C=C)cc2)cc1. The largest absolute Gasteiger partial charge is 0.415 e. The molecule has 0 aliphatic carbocycles. The molecule has 0 bridgehead atoms. The number of hydrogen-bond acceptors (Lipinski definition) is 1. The van der Waals surface area contributed by atoms with Gasteiger partial charge in [0.15, 0.2) is 10.6 Å². The number of rotatable bonds is 4. The van der Waals surface area contributed by atoms with E-state index in [-0.39, 0.29) is 0 Å². The summed E-state index contributed by atoms with van der Waals surface area (Å²) in [5.74, 6) is 0. The molecule has 0 amide bonds. The zero-order valence-corrected chi connectivity index (χ0v) is 10.9. The summed E-state index contributed by atoms with van der Waals surface area (Å²) in [7, 11) is -1.52. The summed E-state index contributed by atoms with van der Waals surface area (Å²) in [4.78, 5) is 0. The van der Waals surface area contributed by atoms with E-state index in [1.165, 1.54) is 0 Å². The quantitative estimate of drug-likeness (QED) is 0.758. The van der Waals surface area contributed by atoms with E-state index in [2.05, 4.69) is 13.2 Å². The molecule has 88 valence electrons. The Kier molecular flexibility index (Phi) is 3.86. The van der Waals surface area contributed by atoms with Crippen molar-refractivity contribution in [3.05, 3.63) is 72.8 Å².